The first-order chi connectivity index (χ1) is 8.56. The number of Topliss-reactive ketones (excluding diaryl/α,β-unsaturated/α-hetero) is 1. The van der Waals surface area contributed by atoms with E-state index >= 15 is 0 Å². The molecule has 2 aromatic rings. The van der Waals surface area contributed by atoms with Crippen molar-refractivity contribution >= 4 is 34.7 Å². The summed E-state index contributed by atoms with van der Waals surface area (Å²) in [5.41, 5.74) is 0.314. The van der Waals surface area contributed by atoms with Crippen LogP contribution in [0.3, 0.4) is 0 Å². The van der Waals surface area contributed by atoms with Crippen molar-refractivity contribution in [2.24, 2.45) is 7.05 Å². The molecule has 0 fully saturated rings. The molecule has 0 radical (unpaired) electrons. The Labute approximate surface area is 112 Å². The maximum atomic E-state index is 11.7. The summed E-state index contributed by atoms with van der Waals surface area (Å²) in [6.45, 7) is -0.301. The molecule has 0 aliphatic carbocycles. The van der Waals surface area contributed by atoms with Gasteiger partial charge in [0, 0.05) is 13.2 Å². The molecule has 2 aromatic heterocycles. The van der Waals surface area contributed by atoms with E-state index in [-0.39, 0.29) is 12.4 Å². The van der Waals surface area contributed by atoms with Crippen LogP contribution in [-0.4, -0.2) is 28.1 Å². The number of aromatic nitrogens is 2. The summed E-state index contributed by atoms with van der Waals surface area (Å²) in [6, 6.07) is 3.23. The molecule has 0 bridgehead atoms. The van der Waals surface area contributed by atoms with Crippen molar-refractivity contribution in [2.75, 3.05) is 6.61 Å². The highest BCUT2D eigenvalue weighted by atomic mass is 35.5. The predicted octanol–water partition coefficient (Wildman–Crippen LogP) is 2.17. The van der Waals surface area contributed by atoms with Gasteiger partial charge in [-0.1, -0.05) is 11.6 Å². The number of hydrogen-bond donors (Lipinski definition) is 0. The summed E-state index contributed by atoms with van der Waals surface area (Å²) in [5.74, 6) is -0.844. The number of rotatable bonds is 4. The molecule has 18 heavy (non-hydrogen) atoms. The summed E-state index contributed by atoms with van der Waals surface area (Å²) in [5, 5.41) is 3.84. The fourth-order valence-corrected chi connectivity index (χ4v) is 2.24. The van der Waals surface area contributed by atoms with Crippen molar-refractivity contribution in [3.8, 4) is 0 Å². The lowest BCUT2D eigenvalue weighted by atomic mass is 10.3. The number of carbonyl (C=O) groups excluding carboxylic acids is 2. The second-order valence-corrected chi connectivity index (χ2v) is 5.22. The minimum absolute atomic E-state index is 0.274. The first kappa shape index (κ1) is 12.8. The highest BCUT2D eigenvalue weighted by molar-refractivity contribution is 7.18. The van der Waals surface area contributed by atoms with Gasteiger partial charge in [0.25, 0.3) is 0 Å². The molecule has 0 saturated heterocycles. The van der Waals surface area contributed by atoms with Crippen molar-refractivity contribution in [1.29, 1.82) is 0 Å². The molecule has 2 rings (SSSR count). The van der Waals surface area contributed by atoms with Gasteiger partial charge in [-0.15, -0.1) is 11.3 Å². The molecule has 7 heteroatoms. The largest absolute Gasteiger partial charge is 0.454 e. The molecule has 0 saturated carbocycles. The van der Waals surface area contributed by atoms with Crippen LogP contribution in [-0.2, 0) is 11.8 Å². The zero-order chi connectivity index (χ0) is 13.1. The third kappa shape index (κ3) is 2.96. The summed E-state index contributed by atoms with van der Waals surface area (Å²) in [4.78, 5) is 23.7. The van der Waals surface area contributed by atoms with Crippen LogP contribution in [0.2, 0.25) is 4.34 Å². The molecule has 0 aliphatic rings. The lowest BCUT2D eigenvalue weighted by Crippen LogP contribution is -2.13. The molecule has 0 aliphatic heterocycles. The van der Waals surface area contributed by atoms with Gasteiger partial charge in [0.1, 0.15) is 0 Å². The van der Waals surface area contributed by atoms with E-state index in [9.17, 15) is 9.59 Å². The van der Waals surface area contributed by atoms with Crippen LogP contribution in [0, 0.1) is 0 Å². The van der Waals surface area contributed by atoms with Crippen molar-refractivity contribution in [2.45, 2.75) is 0 Å². The van der Waals surface area contributed by atoms with E-state index < -0.39 is 5.97 Å². The van der Waals surface area contributed by atoms with E-state index in [4.69, 9.17) is 16.3 Å². The lowest BCUT2D eigenvalue weighted by Gasteiger charge is -2.00. The third-order valence-corrected chi connectivity index (χ3v) is 3.40. The van der Waals surface area contributed by atoms with Crippen LogP contribution in [0.15, 0.2) is 24.5 Å². The first-order valence-corrected chi connectivity index (χ1v) is 6.20. The van der Waals surface area contributed by atoms with Crippen molar-refractivity contribution in [1.82, 2.24) is 9.78 Å². The molecular formula is C11H9ClN2O3S. The zero-order valence-electron chi connectivity index (χ0n) is 9.42. The molecule has 0 amide bonds. The van der Waals surface area contributed by atoms with E-state index in [0.29, 0.717) is 14.8 Å². The molecule has 0 spiro atoms. The molecule has 5 nitrogen and oxygen atoms in total. The fraction of sp³-hybridized carbons (Fsp3) is 0.182. The Hall–Kier alpha value is -1.66. The normalized spacial score (nSPS) is 10.3. The quantitative estimate of drug-likeness (QED) is 0.638. The van der Waals surface area contributed by atoms with Crippen molar-refractivity contribution in [3.63, 3.8) is 0 Å². The molecule has 2 heterocycles. The minimum Gasteiger partial charge on any atom is -0.454 e. The van der Waals surface area contributed by atoms with Crippen LogP contribution in [0.1, 0.15) is 20.0 Å². The van der Waals surface area contributed by atoms with Crippen molar-refractivity contribution < 1.29 is 14.3 Å². The molecular weight excluding hydrogens is 276 g/mol. The second kappa shape index (κ2) is 5.32. The third-order valence-electron chi connectivity index (χ3n) is 2.12. The van der Waals surface area contributed by atoms with Crippen molar-refractivity contribution in [3.05, 3.63) is 39.3 Å². The van der Waals surface area contributed by atoms with Gasteiger partial charge in [0.05, 0.1) is 21.0 Å². The van der Waals surface area contributed by atoms with Gasteiger partial charge >= 0.3 is 5.97 Å². The standard InChI is InChI=1S/C11H9ClN2O3S/c1-14-5-7(4-13-14)11(16)17-6-8(15)9-2-3-10(12)18-9/h2-5H,6H2,1H3. The predicted molar refractivity (Wildman–Crippen MR) is 67.2 cm³/mol. The smallest absolute Gasteiger partial charge is 0.341 e. The Morgan fingerprint density at radius 1 is 1.50 bits per heavy atom. The van der Waals surface area contributed by atoms with Crippen LogP contribution >= 0.6 is 22.9 Å². The number of ketones is 1. The monoisotopic (exact) mass is 284 g/mol. The zero-order valence-corrected chi connectivity index (χ0v) is 11.0. The number of halogens is 1. The number of hydrogen-bond acceptors (Lipinski definition) is 5. The molecule has 0 N–H and O–H groups in total. The Morgan fingerprint density at radius 3 is 2.83 bits per heavy atom. The van der Waals surface area contributed by atoms with Crippen LogP contribution < -0.4 is 0 Å². The van der Waals surface area contributed by atoms with Gasteiger partial charge in [0.2, 0.25) is 5.78 Å². The van der Waals surface area contributed by atoms with Gasteiger partial charge in [-0.2, -0.15) is 5.10 Å². The first-order valence-electron chi connectivity index (χ1n) is 5.00. The fourth-order valence-electron chi connectivity index (χ4n) is 1.28. The minimum atomic E-state index is -0.570. The summed E-state index contributed by atoms with van der Waals surface area (Å²) < 4.78 is 6.90. The van der Waals surface area contributed by atoms with Gasteiger partial charge in [-0.3, -0.25) is 9.48 Å². The topological polar surface area (TPSA) is 61.2 Å². The summed E-state index contributed by atoms with van der Waals surface area (Å²) >= 11 is 6.87. The number of carbonyl (C=O) groups is 2. The van der Waals surface area contributed by atoms with Crippen LogP contribution in [0.25, 0.3) is 0 Å². The Balaban J connectivity index is 1.92. The number of thiophene rings is 1. The lowest BCUT2D eigenvalue weighted by molar-refractivity contribution is 0.0475. The van der Waals surface area contributed by atoms with Crippen LogP contribution in [0.4, 0.5) is 0 Å². The van der Waals surface area contributed by atoms with Gasteiger partial charge in [-0.05, 0) is 12.1 Å². The number of ether oxygens (including phenoxy) is 1. The van der Waals surface area contributed by atoms with Gasteiger partial charge < -0.3 is 4.74 Å². The highest BCUT2D eigenvalue weighted by Crippen LogP contribution is 2.21. The Morgan fingerprint density at radius 2 is 2.28 bits per heavy atom. The summed E-state index contributed by atoms with van der Waals surface area (Å²) in [6.07, 6.45) is 2.91. The van der Waals surface area contributed by atoms with Gasteiger partial charge in [0.15, 0.2) is 6.61 Å². The number of aryl methyl sites for hydroxylation is 1. The van der Waals surface area contributed by atoms with Gasteiger partial charge in [-0.25, -0.2) is 4.79 Å². The number of esters is 1. The maximum absolute atomic E-state index is 11.7. The van der Waals surface area contributed by atoms with Crippen LogP contribution in [0.5, 0.6) is 0 Å². The van der Waals surface area contributed by atoms with E-state index in [2.05, 4.69) is 5.10 Å². The van der Waals surface area contributed by atoms with E-state index in [1.54, 1.807) is 19.2 Å². The maximum Gasteiger partial charge on any atom is 0.341 e. The SMILES string of the molecule is Cn1cc(C(=O)OCC(=O)c2ccc(Cl)s2)cn1. The second-order valence-electron chi connectivity index (χ2n) is 3.51. The Bertz CT molecular complexity index is 538. The molecule has 0 aromatic carbocycles. The number of nitrogens with zero attached hydrogens (tertiary/aromatic N) is 2. The summed E-state index contributed by atoms with van der Waals surface area (Å²) in [7, 11) is 1.69. The van der Waals surface area contributed by atoms with E-state index in [1.165, 1.54) is 17.1 Å². The average molecular weight is 285 g/mol. The molecule has 0 unspecified atom stereocenters. The van der Waals surface area contributed by atoms with E-state index in [1.807, 2.05) is 0 Å². The molecule has 94 valence electrons. The van der Waals surface area contributed by atoms with E-state index in [0.717, 1.165) is 11.3 Å². The Kier molecular flexibility index (Phi) is 3.78. The molecule has 0 atom stereocenters. The highest BCUT2D eigenvalue weighted by Gasteiger charge is 2.14. The average Bonchev–Trinajstić information content (AvgIpc) is 2.94.